The minimum Gasteiger partial charge on any atom is -0.508 e. The van der Waals surface area contributed by atoms with E-state index in [-0.39, 0.29) is 30.3 Å². The Bertz CT molecular complexity index is 1520. The standard InChI is InChI=1S/C29H28ClN5O3S/c1-17-14-22(18(2)34(17)19-7-10-21(36)11-8-19)28-27(25-6-4-5-13-31-25)33-29(39)35(28)20-9-12-24(23(30)15-20)32-26(37)16-38-3/h4-15,27-28,36H,16H2,1-3H3,(H,32,37)(H,33,39)/t27-,28-/m1/s1. The summed E-state index contributed by atoms with van der Waals surface area (Å²) in [6.07, 6.45) is 1.77. The number of aromatic hydroxyl groups is 1. The highest BCUT2D eigenvalue weighted by atomic mass is 35.5. The number of benzene rings is 2. The average Bonchev–Trinajstić information content (AvgIpc) is 3.41. The van der Waals surface area contributed by atoms with Gasteiger partial charge in [0.05, 0.1) is 28.5 Å². The summed E-state index contributed by atoms with van der Waals surface area (Å²) in [5.74, 6) is -0.0767. The van der Waals surface area contributed by atoms with E-state index in [1.807, 2.05) is 41.3 Å². The molecular formula is C29H28ClN5O3S. The van der Waals surface area contributed by atoms with E-state index in [1.165, 1.54) is 7.11 Å². The highest BCUT2D eigenvalue weighted by Gasteiger charge is 2.42. The Hall–Kier alpha value is -3.92. The van der Waals surface area contributed by atoms with Crippen LogP contribution in [0.1, 0.15) is 34.7 Å². The number of amides is 1. The maximum atomic E-state index is 12.0. The molecule has 0 unspecified atom stereocenters. The predicted octanol–water partition coefficient (Wildman–Crippen LogP) is 5.61. The van der Waals surface area contributed by atoms with Crippen molar-refractivity contribution < 1.29 is 14.6 Å². The van der Waals surface area contributed by atoms with Crippen LogP contribution < -0.4 is 15.5 Å². The third kappa shape index (κ3) is 5.21. The Labute approximate surface area is 237 Å². The number of hydrogen-bond donors (Lipinski definition) is 3. The summed E-state index contributed by atoms with van der Waals surface area (Å²) in [6.45, 7) is 4.06. The number of aromatic nitrogens is 2. The van der Waals surface area contributed by atoms with Crippen LogP contribution in [0.3, 0.4) is 0 Å². The van der Waals surface area contributed by atoms with Gasteiger partial charge in [-0.25, -0.2) is 0 Å². The van der Waals surface area contributed by atoms with Gasteiger partial charge < -0.3 is 29.9 Å². The predicted molar refractivity (Wildman–Crippen MR) is 157 cm³/mol. The number of ether oxygens (including phenoxy) is 1. The van der Waals surface area contributed by atoms with Crippen LogP contribution in [0, 0.1) is 13.8 Å². The topological polar surface area (TPSA) is 91.7 Å². The molecule has 1 aliphatic rings. The fraction of sp³-hybridized carbons (Fsp3) is 0.207. The maximum Gasteiger partial charge on any atom is 0.250 e. The van der Waals surface area contributed by atoms with Crippen LogP contribution in [-0.4, -0.2) is 39.4 Å². The van der Waals surface area contributed by atoms with Gasteiger partial charge in [0.2, 0.25) is 5.91 Å². The lowest BCUT2D eigenvalue weighted by molar-refractivity contribution is -0.119. The number of anilines is 2. The summed E-state index contributed by atoms with van der Waals surface area (Å²) in [7, 11) is 1.46. The number of carbonyl (C=O) groups excluding carboxylic acids is 1. The second kappa shape index (κ2) is 11.1. The molecule has 2 aromatic carbocycles. The van der Waals surface area contributed by atoms with E-state index >= 15 is 0 Å². The molecule has 0 radical (unpaired) electrons. The molecule has 1 fully saturated rings. The van der Waals surface area contributed by atoms with Crippen LogP contribution in [0.25, 0.3) is 5.69 Å². The Morgan fingerprint density at radius 1 is 1.13 bits per heavy atom. The number of nitrogens with zero attached hydrogens (tertiary/aromatic N) is 3. The van der Waals surface area contributed by atoms with E-state index in [4.69, 9.17) is 28.6 Å². The Kier molecular flexibility index (Phi) is 7.56. The minimum absolute atomic E-state index is 0.0668. The number of phenols is 1. The molecule has 1 saturated heterocycles. The van der Waals surface area contributed by atoms with Gasteiger partial charge in [-0.1, -0.05) is 17.7 Å². The van der Waals surface area contributed by atoms with Crippen molar-refractivity contribution in [3.63, 3.8) is 0 Å². The SMILES string of the molecule is COCC(=O)Nc1ccc(N2C(=S)N[C@H](c3ccccn3)[C@H]2c2cc(C)n(-c3ccc(O)cc3)c2C)cc1Cl. The number of methoxy groups -OCH3 is 1. The van der Waals surface area contributed by atoms with Gasteiger partial charge in [-0.05, 0) is 92.3 Å². The monoisotopic (exact) mass is 561 g/mol. The van der Waals surface area contributed by atoms with Crippen LogP contribution in [0.4, 0.5) is 11.4 Å². The summed E-state index contributed by atoms with van der Waals surface area (Å²) < 4.78 is 7.06. The molecule has 10 heteroatoms. The number of aryl methyl sites for hydroxylation is 1. The van der Waals surface area contributed by atoms with Crippen molar-refractivity contribution >= 4 is 46.2 Å². The first-order valence-electron chi connectivity index (χ1n) is 12.4. The lowest BCUT2D eigenvalue weighted by Gasteiger charge is -2.28. The van der Waals surface area contributed by atoms with Crippen molar-refractivity contribution in [2.24, 2.45) is 0 Å². The fourth-order valence-corrected chi connectivity index (χ4v) is 5.68. The molecule has 200 valence electrons. The third-order valence-electron chi connectivity index (χ3n) is 6.78. The highest BCUT2D eigenvalue weighted by molar-refractivity contribution is 7.80. The third-order valence-corrected chi connectivity index (χ3v) is 7.40. The molecule has 8 nitrogen and oxygen atoms in total. The molecule has 3 N–H and O–H groups in total. The molecule has 2 aromatic heterocycles. The maximum absolute atomic E-state index is 12.0. The molecule has 5 rings (SSSR count). The second-order valence-electron chi connectivity index (χ2n) is 9.32. The van der Waals surface area contributed by atoms with Gasteiger partial charge in [-0.15, -0.1) is 0 Å². The van der Waals surface area contributed by atoms with Crippen LogP contribution in [0.15, 0.2) is 72.9 Å². The van der Waals surface area contributed by atoms with Crippen LogP contribution in [0.2, 0.25) is 5.02 Å². The molecule has 2 atom stereocenters. The van der Waals surface area contributed by atoms with Crippen molar-refractivity contribution in [3.05, 3.63) is 101 Å². The normalized spacial score (nSPS) is 16.8. The zero-order chi connectivity index (χ0) is 27.7. The molecule has 39 heavy (non-hydrogen) atoms. The summed E-state index contributed by atoms with van der Waals surface area (Å²) >= 11 is 12.5. The molecule has 0 aliphatic carbocycles. The molecule has 1 aliphatic heterocycles. The zero-order valence-corrected chi connectivity index (χ0v) is 23.3. The van der Waals surface area contributed by atoms with Crippen LogP contribution >= 0.6 is 23.8 Å². The van der Waals surface area contributed by atoms with E-state index < -0.39 is 0 Å². The lowest BCUT2D eigenvalue weighted by atomic mass is 9.96. The Morgan fingerprint density at radius 3 is 2.54 bits per heavy atom. The summed E-state index contributed by atoms with van der Waals surface area (Å²) in [4.78, 5) is 18.7. The number of rotatable bonds is 7. The fourth-order valence-electron chi connectivity index (χ4n) is 5.11. The van der Waals surface area contributed by atoms with Gasteiger partial charge in [-0.3, -0.25) is 9.78 Å². The first kappa shape index (κ1) is 26.7. The first-order valence-corrected chi connectivity index (χ1v) is 13.1. The van der Waals surface area contributed by atoms with Crippen molar-refractivity contribution in [3.8, 4) is 11.4 Å². The first-order chi connectivity index (χ1) is 18.8. The van der Waals surface area contributed by atoms with Gasteiger partial charge in [0.25, 0.3) is 0 Å². The van der Waals surface area contributed by atoms with Crippen molar-refractivity contribution in [1.29, 1.82) is 0 Å². The summed E-state index contributed by atoms with van der Waals surface area (Å²) in [6, 6.07) is 20.1. The average molecular weight is 562 g/mol. The zero-order valence-electron chi connectivity index (χ0n) is 21.7. The van der Waals surface area contributed by atoms with E-state index in [0.29, 0.717) is 15.8 Å². The van der Waals surface area contributed by atoms with Gasteiger partial charge in [-0.2, -0.15) is 0 Å². The van der Waals surface area contributed by atoms with E-state index in [0.717, 1.165) is 34.0 Å². The molecule has 1 amide bonds. The number of phenolic OH excluding ortho intramolecular Hbond substituents is 1. The largest absolute Gasteiger partial charge is 0.508 e. The molecule has 0 bridgehead atoms. The summed E-state index contributed by atoms with van der Waals surface area (Å²) in [5, 5.41) is 17.0. The number of carbonyl (C=O) groups is 1. The van der Waals surface area contributed by atoms with Gasteiger partial charge in [0, 0.05) is 36.1 Å². The molecule has 0 spiro atoms. The molecule has 4 aromatic rings. The quantitative estimate of drug-likeness (QED) is 0.253. The number of pyridine rings is 1. The van der Waals surface area contributed by atoms with Crippen molar-refractivity contribution in [2.45, 2.75) is 25.9 Å². The van der Waals surface area contributed by atoms with Gasteiger partial charge >= 0.3 is 0 Å². The van der Waals surface area contributed by atoms with E-state index in [2.05, 4.69) is 40.1 Å². The molecule has 3 heterocycles. The molecule has 0 saturated carbocycles. The Balaban J connectivity index is 1.60. The van der Waals surface area contributed by atoms with E-state index in [1.54, 1.807) is 30.5 Å². The van der Waals surface area contributed by atoms with Gasteiger partial charge in [0.1, 0.15) is 12.4 Å². The molecular weight excluding hydrogens is 534 g/mol. The summed E-state index contributed by atoms with van der Waals surface area (Å²) in [5.41, 5.74) is 6.22. The van der Waals surface area contributed by atoms with E-state index in [9.17, 15) is 9.90 Å². The van der Waals surface area contributed by atoms with Crippen LogP contribution in [-0.2, 0) is 9.53 Å². The number of thiocarbonyl (C=S) groups is 1. The number of nitrogens with one attached hydrogen (secondary N) is 2. The Morgan fingerprint density at radius 2 is 1.87 bits per heavy atom. The smallest absolute Gasteiger partial charge is 0.250 e. The van der Waals surface area contributed by atoms with Crippen molar-refractivity contribution in [2.75, 3.05) is 23.9 Å². The minimum atomic E-state index is -0.291. The highest BCUT2D eigenvalue weighted by Crippen LogP contribution is 2.44. The lowest BCUT2D eigenvalue weighted by Crippen LogP contribution is -2.29. The van der Waals surface area contributed by atoms with Crippen LogP contribution in [0.5, 0.6) is 5.75 Å². The number of halogens is 1. The van der Waals surface area contributed by atoms with Crippen molar-refractivity contribution in [1.82, 2.24) is 14.9 Å². The second-order valence-corrected chi connectivity index (χ2v) is 10.1. The number of hydrogen-bond acceptors (Lipinski definition) is 5. The van der Waals surface area contributed by atoms with Gasteiger partial charge in [0.15, 0.2) is 5.11 Å².